The lowest BCUT2D eigenvalue weighted by molar-refractivity contribution is 1.23. The molecule has 0 spiro atoms. The Morgan fingerprint density at radius 1 is 1.25 bits per heavy atom. The number of thioether (sulfide) groups is 1. The van der Waals surface area contributed by atoms with Crippen molar-refractivity contribution in [2.45, 2.75) is 6.42 Å². The van der Waals surface area contributed by atoms with E-state index in [2.05, 4.69) is 17.1 Å². The molecule has 4 heteroatoms. The van der Waals surface area contributed by atoms with E-state index in [1.165, 1.54) is 4.91 Å². The topological polar surface area (TPSA) is 39.6 Å². The van der Waals surface area contributed by atoms with Crippen molar-refractivity contribution in [3.8, 4) is 17.2 Å². The Morgan fingerprint density at radius 3 is 2.70 bits per heavy atom. The van der Waals surface area contributed by atoms with Gasteiger partial charge in [-0.2, -0.15) is 5.26 Å². The van der Waals surface area contributed by atoms with E-state index >= 15 is 0 Å². The number of rotatable bonds is 2. The van der Waals surface area contributed by atoms with Gasteiger partial charge >= 0.3 is 0 Å². The largest absolute Gasteiger partial charge is 0.345 e. The molecule has 2 nitrogen and oxygen atoms in total. The third-order valence-corrected chi connectivity index (χ3v) is 4.64. The average Bonchev–Trinajstić information content (AvgIpc) is 3.01. The Bertz CT molecular complexity index is 767. The van der Waals surface area contributed by atoms with E-state index in [1.807, 2.05) is 48.2 Å². The molecular weight excluding hydrogens is 284 g/mol. The van der Waals surface area contributed by atoms with E-state index in [1.54, 1.807) is 0 Å². The van der Waals surface area contributed by atoms with Gasteiger partial charge in [0.2, 0.25) is 0 Å². The van der Waals surface area contributed by atoms with Gasteiger partial charge in [0.1, 0.15) is 10.7 Å². The number of hydrogen-bond acceptors (Lipinski definition) is 3. The molecule has 0 saturated carbocycles. The fraction of sp³-hybridized carbons (Fsp3) is 0.125. The lowest BCUT2D eigenvalue weighted by atomic mass is 10.0. The molecule has 0 unspecified atom stereocenters. The fourth-order valence-electron chi connectivity index (χ4n) is 2.25. The summed E-state index contributed by atoms with van der Waals surface area (Å²) in [6.07, 6.45) is 3.30. The van der Waals surface area contributed by atoms with E-state index in [9.17, 15) is 5.26 Å². The van der Waals surface area contributed by atoms with Gasteiger partial charge in [-0.25, -0.2) is 0 Å². The number of nitrogens with zero attached hydrogens (tertiary/aromatic N) is 1. The second kappa shape index (κ2) is 5.66. The molecule has 0 atom stereocenters. The van der Waals surface area contributed by atoms with E-state index < -0.39 is 0 Å². The molecule has 0 saturated heterocycles. The summed E-state index contributed by atoms with van der Waals surface area (Å²) in [7, 11) is 0. The predicted molar refractivity (Wildman–Crippen MR) is 86.8 cm³/mol. The molecule has 1 aromatic heterocycles. The van der Waals surface area contributed by atoms with E-state index in [4.69, 9.17) is 12.2 Å². The molecule has 1 aliphatic heterocycles. The maximum absolute atomic E-state index is 9.36. The van der Waals surface area contributed by atoms with Crippen molar-refractivity contribution in [2.24, 2.45) is 0 Å². The molecule has 2 aromatic rings. The molecule has 0 radical (unpaired) electrons. The van der Waals surface area contributed by atoms with Crippen LogP contribution in [0, 0.1) is 16.0 Å². The molecule has 1 aliphatic rings. The lowest BCUT2D eigenvalue weighted by Crippen LogP contribution is -1.94. The quantitative estimate of drug-likeness (QED) is 0.812. The minimum absolute atomic E-state index is 0.511. The molecule has 20 heavy (non-hydrogen) atoms. The van der Waals surface area contributed by atoms with Gasteiger partial charge in [-0.1, -0.05) is 48.6 Å². The Kier molecular flexibility index (Phi) is 3.72. The van der Waals surface area contributed by atoms with E-state index in [0.717, 1.165) is 29.0 Å². The molecule has 1 N–H and O–H groups in total. The van der Waals surface area contributed by atoms with Crippen LogP contribution in [0.25, 0.3) is 16.0 Å². The second-order valence-electron chi connectivity index (χ2n) is 4.48. The van der Waals surface area contributed by atoms with Crippen molar-refractivity contribution >= 4 is 28.9 Å². The standard InChI is InChI=1S/C16H12N2S2/c17-10-13-12(11-5-2-1-3-6-11)9-14(18-16(13)19)15-7-4-8-20-15/h1-3,5-7,9H,4,8H2,(H,18,19). The van der Waals surface area contributed by atoms with Crippen LogP contribution in [0.4, 0.5) is 0 Å². The SMILES string of the molecule is N#Cc1c(-c2ccccc2)cc(C2=CCCS2)[nH]c1=S. The number of nitrogens with one attached hydrogen (secondary N) is 1. The first-order valence-electron chi connectivity index (χ1n) is 6.36. The Balaban J connectivity index is 2.22. The van der Waals surface area contributed by atoms with Crippen LogP contribution >= 0.6 is 24.0 Å². The zero-order valence-corrected chi connectivity index (χ0v) is 12.4. The fourth-order valence-corrected chi connectivity index (χ4v) is 3.48. The summed E-state index contributed by atoms with van der Waals surface area (Å²) in [4.78, 5) is 4.40. The highest BCUT2D eigenvalue weighted by Crippen LogP contribution is 2.35. The molecule has 0 aliphatic carbocycles. The number of benzene rings is 1. The predicted octanol–water partition coefficient (Wildman–Crippen LogP) is 4.76. The molecule has 0 fully saturated rings. The van der Waals surface area contributed by atoms with Crippen molar-refractivity contribution in [3.63, 3.8) is 0 Å². The summed E-state index contributed by atoms with van der Waals surface area (Å²) in [5.74, 6) is 1.11. The molecule has 98 valence electrons. The van der Waals surface area contributed by atoms with Gasteiger partial charge < -0.3 is 4.98 Å². The van der Waals surface area contributed by atoms with Gasteiger partial charge in [0, 0.05) is 16.2 Å². The number of hydrogen-bond donors (Lipinski definition) is 1. The van der Waals surface area contributed by atoms with Gasteiger partial charge in [0.05, 0.1) is 11.3 Å². The summed E-state index contributed by atoms with van der Waals surface area (Å²) in [6.45, 7) is 0. The minimum atomic E-state index is 0.511. The van der Waals surface area contributed by atoms with Crippen LogP contribution in [-0.2, 0) is 0 Å². The first kappa shape index (κ1) is 13.2. The van der Waals surface area contributed by atoms with Crippen LogP contribution in [0.5, 0.6) is 0 Å². The zero-order valence-electron chi connectivity index (χ0n) is 10.7. The maximum Gasteiger partial charge on any atom is 0.122 e. The van der Waals surface area contributed by atoms with Gasteiger partial charge in [-0.3, -0.25) is 0 Å². The first-order chi connectivity index (χ1) is 9.79. The van der Waals surface area contributed by atoms with Gasteiger partial charge in [-0.05, 0) is 18.1 Å². The Hall–Kier alpha value is -1.83. The molecular formula is C16H12N2S2. The van der Waals surface area contributed by atoms with E-state index in [0.29, 0.717) is 10.2 Å². The van der Waals surface area contributed by atoms with Crippen molar-refractivity contribution in [3.05, 3.63) is 58.4 Å². The van der Waals surface area contributed by atoms with Crippen LogP contribution < -0.4 is 0 Å². The highest BCUT2D eigenvalue weighted by atomic mass is 32.2. The Morgan fingerprint density at radius 2 is 2.05 bits per heavy atom. The number of nitriles is 1. The second-order valence-corrected chi connectivity index (χ2v) is 6.03. The van der Waals surface area contributed by atoms with Crippen LogP contribution in [0.3, 0.4) is 0 Å². The van der Waals surface area contributed by atoms with Gasteiger partial charge in [-0.15, -0.1) is 11.8 Å². The van der Waals surface area contributed by atoms with Crippen molar-refractivity contribution in [2.75, 3.05) is 5.75 Å². The van der Waals surface area contributed by atoms with Crippen molar-refractivity contribution in [1.29, 1.82) is 5.26 Å². The smallest absolute Gasteiger partial charge is 0.122 e. The van der Waals surface area contributed by atoms with E-state index in [-0.39, 0.29) is 0 Å². The first-order valence-corrected chi connectivity index (χ1v) is 7.75. The lowest BCUT2D eigenvalue weighted by Gasteiger charge is -2.09. The van der Waals surface area contributed by atoms with Crippen LogP contribution in [0.2, 0.25) is 0 Å². The summed E-state index contributed by atoms with van der Waals surface area (Å²) < 4.78 is 0.511. The van der Waals surface area contributed by atoms with Crippen LogP contribution in [0.1, 0.15) is 17.7 Å². The van der Waals surface area contributed by atoms with Gasteiger partial charge in [0.25, 0.3) is 0 Å². The highest BCUT2D eigenvalue weighted by Gasteiger charge is 2.13. The summed E-state index contributed by atoms with van der Waals surface area (Å²) in [5, 5.41) is 9.36. The number of aromatic nitrogens is 1. The van der Waals surface area contributed by atoms with Crippen LogP contribution in [-0.4, -0.2) is 10.7 Å². The Labute approximate surface area is 127 Å². The number of H-pyrrole nitrogens is 1. The molecule has 2 heterocycles. The normalized spacial score (nSPS) is 13.8. The summed E-state index contributed by atoms with van der Waals surface area (Å²) in [6, 6.07) is 14.2. The molecule has 1 aromatic carbocycles. The molecule has 0 bridgehead atoms. The van der Waals surface area contributed by atoms with Crippen molar-refractivity contribution < 1.29 is 0 Å². The number of aromatic amines is 1. The maximum atomic E-state index is 9.36. The summed E-state index contributed by atoms with van der Waals surface area (Å²) in [5.41, 5.74) is 3.48. The van der Waals surface area contributed by atoms with Gasteiger partial charge in [0.15, 0.2) is 0 Å². The third kappa shape index (κ3) is 2.43. The highest BCUT2D eigenvalue weighted by molar-refractivity contribution is 8.08. The zero-order chi connectivity index (χ0) is 13.9. The van der Waals surface area contributed by atoms with Crippen molar-refractivity contribution in [1.82, 2.24) is 4.98 Å². The summed E-state index contributed by atoms with van der Waals surface area (Å²) >= 11 is 7.17. The minimum Gasteiger partial charge on any atom is -0.345 e. The number of allylic oxidation sites excluding steroid dienone is 1. The average molecular weight is 296 g/mol. The van der Waals surface area contributed by atoms with Crippen LogP contribution in [0.15, 0.2) is 42.5 Å². The molecule has 3 rings (SSSR count). The third-order valence-electron chi connectivity index (χ3n) is 3.20. The monoisotopic (exact) mass is 296 g/mol. The number of pyridine rings is 1. The molecule has 0 amide bonds.